The molecule has 1 fully saturated rings. The maximum absolute atomic E-state index is 12.8. The van der Waals surface area contributed by atoms with Gasteiger partial charge in [0, 0.05) is 24.5 Å². The number of nitrogen functional groups attached to an aromatic ring is 1. The van der Waals surface area contributed by atoms with Gasteiger partial charge in [0.1, 0.15) is 0 Å². The molecule has 0 saturated heterocycles. The Morgan fingerprint density at radius 3 is 2.44 bits per heavy atom. The van der Waals surface area contributed by atoms with E-state index in [1.54, 1.807) is 6.07 Å². The predicted molar refractivity (Wildman–Crippen MR) is 66.4 cm³/mol. The van der Waals surface area contributed by atoms with Crippen LogP contribution in [0.4, 0.5) is 24.5 Å². The second-order valence-electron chi connectivity index (χ2n) is 4.96. The molecule has 1 aliphatic carbocycles. The Kier molecular flexibility index (Phi) is 3.17. The number of nitrogens with zero attached hydrogens (tertiary/aromatic N) is 1. The van der Waals surface area contributed by atoms with Gasteiger partial charge >= 0.3 is 6.18 Å². The van der Waals surface area contributed by atoms with Gasteiger partial charge < -0.3 is 10.6 Å². The van der Waals surface area contributed by atoms with Crippen LogP contribution in [0.5, 0.6) is 0 Å². The molecule has 2 N–H and O–H groups in total. The molecule has 1 saturated carbocycles. The highest BCUT2D eigenvalue weighted by atomic mass is 19.4. The number of nitrogens with two attached hydrogens (primary N) is 1. The van der Waals surface area contributed by atoms with Crippen LogP contribution in [0.1, 0.15) is 25.3 Å². The molecule has 0 aromatic heterocycles. The van der Waals surface area contributed by atoms with Crippen LogP contribution in [-0.2, 0) is 6.18 Å². The molecule has 100 valence electrons. The van der Waals surface area contributed by atoms with Crippen LogP contribution >= 0.6 is 0 Å². The Balaban J connectivity index is 2.28. The summed E-state index contributed by atoms with van der Waals surface area (Å²) in [6, 6.07) is 4.36. The van der Waals surface area contributed by atoms with Crippen LogP contribution in [0, 0.1) is 5.92 Å². The fourth-order valence-corrected chi connectivity index (χ4v) is 2.14. The summed E-state index contributed by atoms with van der Waals surface area (Å²) in [6.45, 7) is 2.04. The second kappa shape index (κ2) is 4.37. The highest BCUT2D eigenvalue weighted by molar-refractivity contribution is 5.59. The Hall–Kier alpha value is -1.39. The summed E-state index contributed by atoms with van der Waals surface area (Å²) < 4.78 is 38.3. The van der Waals surface area contributed by atoms with E-state index < -0.39 is 11.7 Å². The number of rotatable bonds is 3. The topological polar surface area (TPSA) is 29.3 Å². The summed E-state index contributed by atoms with van der Waals surface area (Å²) in [7, 11) is 1.83. The zero-order chi connectivity index (χ0) is 13.5. The van der Waals surface area contributed by atoms with Crippen LogP contribution in [0.3, 0.4) is 0 Å². The number of hydrogen-bond donors (Lipinski definition) is 1. The maximum Gasteiger partial charge on any atom is 0.418 e. The van der Waals surface area contributed by atoms with E-state index in [4.69, 9.17) is 5.73 Å². The van der Waals surface area contributed by atoms with Crippen molar-refractivity contribution >= 4 is 11.4 Å². The summed E-state index contributed by atoms with van der Waals surface area (Å²) in [5.41, 5.74) is 4.97. The molecule has 1 aliphatic rings. The van der Waals surface area contributed by atoms with E-state index in [0.717, 1.165) is 18.9 Å². The Morgan fingerprint density at radius 2 is 1.94 bits per heavy atom. The first-order valence-electron chi connectivity index (χ1n) is 6.00. The molecule has 1 atom stereocenters. The lowest BCUT2D eigenvalue weighted by atomic mass is 10.1. The average molecular weight is 258 g/mol. The van der Waals surface area contributed by atoms with Gasteiger partial charge in [-0.25, -0.2) is 0 Å². The minimum atomic E-state index is -4.40. The molecule has 5 heteroatoms. The van der Waals surface area contributed by atoms with Crippen LogP contribution in [-0.4, -0.2) is 13.1 Å². The molecule has 2 rings (SSSR count). The third-order valence-electron chi connectivity index (χ3n) is 3.66. The minimum Gasteiger partial charge on any atom is -0.398 e. The zero-order valence-electron chi connectivity index (χ0n) is 10.5. The van der Waals surface area contributed by atoms with Crippen molar-refractivity contribution in [2.45, 2.75) is 32.0 Å². The number of hydrogen-bond acceptors (Lipinski definition) is 2. The largest absolute Gasteiger partial charge is 0.418 e. The van der Waals surface area contributed by atoms with Gasteiger partial charge in [-0.2, -0.15) is 13.2 Å². The first-order chi connectivity index (χ1) is 8.30. The van der Waals surface area contributed by atoms with Crippen molar-refractivity contribution in [3.05, 3.63) is 23.8 Å². The molecule has 1 aromatic carbocycles. The molecule has 0 radical (unpaired) electrons. The lowest BCUT2D eigenvalue weighted by Crippen LogP contribution is -2.30. The summed E-state index contributed by atoms with van der Waals surface area (Å²) in [5.74, 6) is 0.599. The van der Waals surface area contributed by atoms with Gasteiger partial charge in [0.25, 0.3) is 0 Å². The van der Waals surface area contributed by atoms with Gasteiger partial charge in [0.15, 0.2) is 0 Å². The Labute approximate surface area is 105 Å². The molecule has 18 heavy (non-hydrogen) atoms. The highest BCUT2D eigenvalue weighted by Crippen LogP contribution is 2.39. The maximum atomic E-state index is 12.8. The molecule has 1 aromatic rings. The van der Waals surface area contributed by atoms with Crippen molar-refractivity contribution < 1.29 is 13.2 Å². The fourth-order valence-electron chi connectivity index (χ4n) is 2.14. The molecule has 0 spiro atoms. The van der Waals surface area contributed by atoms with Gasteiger partial charge in [-0.15, -0.1) is 0 Å². The molecule has 1 unspecified atom stereocenters. The lowest BCUT2D eigenvalue weighted by molar-refractivity contribution is -0.136. The van der Waals surface area contributed by atoms with E-state index >= 15 is 0 Å². The van der Waals surface area contributed by atoms with Gasteiger partial charge in [-0.3, -0.25) is 0 Å². The molecular weight excluding hydrogens is 241 g/mol. The number of alkyl halides is 3. The van der Waals surface area contributed by atoms with Gasteiger partial charge in [0.2, 0.25) is 0 Å². The normalized spacial score (nSPS) is 17.6. The summed E-state index contributed by atoms with van der Waals surface area (Å²) in [5, 5.41) is 0. The Bertz CT molecular complexity index is 438. The first kappa shape index (κ1) is 13.1. The molecule has 0 amide bonds. The van der Waals surface area contributed by atoms with Crippen molar-refractivity contribution in [2.24, 2.45) is 5.92 Å². The van der Waals surface area contributed by atoms with Crippen molar-refractivity contribution in [3.63, 3.8) is 0 Å². The first-order valence-corrected chi connectivity index (χ1v) is 6.00. The summed E-state index contributed by atoms with van der Waals surface area (Å²) in [6.07, 6.45) is -2.08. The van der Waals surface area contributed by atoms with E-state index in [2.05, 4.69) is 0 Å². The zero-order valence-corrected chi connectivity index (χ0v) is 10.5. The lowest BCUT2D eigenvalue weighted by Gasteiger charge is -2.28. The van der Waals surface area contributed by atoms with E-state index in [1.165, 1.54) is 6.07 Å². The van der Waals surface area contributed by atoms with Gasteiger partial charge in [-0.1, -0.05) is 0 Å². The van der Waals surface area contributed by atoms with Crippen molar-refractivity contribution in [1.82, 2.24) is 0 Å². The molecule has 2 nitrogen and oxygen atoms in total. The molecule has 0 aliphatic heterocycles. The third kappa shape index (κ3) is 2.54. The minimum absolute atomic E-state index is 0.223. The number of anilines is 2. The Morgan fingerprint density at radius 1 is 1.33 bits per heavy atom. The number of benzene rings is 1. The second-order valence-corrected chi connectivity index (χ2v) is 4.96. The quantitative estimate of drug-likeness (QED) is 0.840. The van der Waals surface area contributed by atoms with Gasteiger partial charge in [0.05, 0.1) is 5.56 Å². The summed E-state index contributed by atoms with van der Waals surface area (Å²) in [4.78, 5) is 1.90. The fraction of sp³-hybridized carbons (Fsp3) is 0.538. The van der Waals surface area contributed by atoms with E-state index in [0.29, 0.717) is 11.6 Å². The van der Waals surface area contributed by atoms with Crippen molar-refractivity contribution in [3.8, 4) is 0 Å². The highest BCUT2D eigenvalue weighted by Gasteiger charge is 2.35. The van der Waals surface area contributed by atoms with Crippen molar-refractivity contribution in [1.29, 1.82) is 0 Å². The van der Waals surface area contributed by atoms with E-state index in [-0.39, 0.29) is 11.7 Å². The van der Waals surface area contributed by atoms with Crippen molar-refractivity contribution in [2.75, 3.05) is 17.7 Å². The molecule has 0 bridgehead atoms. The average Bonchev–Trinajstić information content (AvgIpc) is 3.10. The smallest absolute Gasteiger partial charge is 0.398 e. The standard InChI is InChI=1S/C13H17F3N2/c1-8(9-3-4-9)18(2)10-5-6-12(17)11(7-10)13(14,15)16/h5-9H,3-4,17H2,1-2H3. The third-order valence-corrected chi connectivity index (χ3v) is 3.66. The van der Waals surface area contributed by atoms with Crippen LogP contribution in [0.2, 0.25) is 0 Å². The molecule has 0 heterocycles. The van der Waals surface area contributed by atoms with Crippen LogP contribution < -0.4 is 10.6 Å². The van der Waals surface area contributed by atoms with E-state index in [9.17, 15) is 13.2 Å². The van der Waals surface area contributed by atoms with Crippen LogP contribution in [0.25, 0.3) is 0 Å². The monoisotopic (exact) mass is 258 g/mol. The van der Waals surface area contributed by atoms with Crippen LogP contribution in [0.15, 0.2) is 18.2 Å². The summed E-state index contributed by atoms with van der Waals surface area (Å²) >= 11 is 0. The van der Waals surface area contributed by atoms with E-state index in [1.807, 2.05) is 18.9 Å². The predicted octanol–water partition coefficient (Wildman–Crippen LogP) is 3.52. The number of halogens is 3. The molecular formula is C13H17F3N2. The van der Waals surface area contributed by atoms with Gasteiger partial charge in [-0.05, 0) is 43.9 Å². The SMILES string of the molecule is CC(C1CC1)N(C)c1ccc(N)c(C(F)(F)F)c1.